The summed E-state index contributed by atoms with van der Waals surface area (Å²) in [5.41, 5.74) is 1.26. The second-order valence-corrected chi connectivity index (χ2v) is 5.11. The summed E-state index contributed by atoms with van der Waals surface area (Å²) in [6, 6.07) is 7.85. The van der Waals surface area contributed by atoms with Gasteiger partial charge in [0.25, 0.3) is 0 Å². The normalized spacial score (nSPS) is 17.1. The van der Waals surface area contributed by atoms with Gasteiger partial charge in [-0.15, -0.1) is 0 Å². The van der Waals surface area contributed by atoms with Crippen LogP contribution in [0.2, 0.25) is 0 Å². The Balaban J connectivity index is 1.86. The van der Waals surface area contributed by atoms with Gasteiger partial charge in [0, 0.05) is 0 Å². The molecule has 0 amide bonds. The molecular formula is C13H12Cl2N4O. The fourth-order valence-electron chi connectivity index (χ4n) is 2.05. The van der Waals surface area contributed by atoms with Gasteiger partial charge in [-0.1, -0.05) is 23.7 Å². The molecule has 0 radical (unpaired) electrons. The van der Waals surface area contributed by atoms with Crippen LogP contribution >= 0.6 is 23.2 Å². The first-order chi connectivity index (χ1) is 9.67. The van der Waals surface area contributed by atoms with Crippen LogP contribution in [0.1, 0.15) is 16.8 Å². The van der Waals surface area contributed by atoms with E-state index < -0.39 is 5.50 Å². The van der Waals surface area contributed by atoms with Gasteiger partial charge < -0.3 is 14.6 Å². The second kappa shape index (κ2) is 5.34. The fraction of sp³-hybridized carbons (Fsp3) is 0.231. The lowest BCUT2D eigenvalue weighted by molar-refractivity contribution is 0.414. The lowest BCUT2D eigenvalue weighted by Crippen LogP contribution is -2.16. The van der Waals surface area contributed by atoms with Gasteiger partial charge >= 0.3 is 0 Å². The minimum atomic E-state index is -0.545. The molecule has 0 fully saturated rings. The number of nitrogens with one attached hydrogen (secondary N) is 1. The van der Waals surface area contributed by atoms with Gasteiger partial charge in [-0.2, -0.15) is 0 Å². The van der Waals surface area contributed by atoms with Crippen molar-refractivity contribution >= 4 is 34.3 Å². The number of amidine groups is 1. The van der Waals surface area contributed by atoms with Crippen LogP contribution in [0.3, 0.4) is 0 Å². The molecule has 1 aromatic carbocycles. The van der Waals surface area contributed by atoms with E-state index in [2.05, 4.69) is 15.3 Å². The highest BCUT2D eigenvalue weighted by Crippen LogP contribution is 2.32. The summed E-state index contributed by atoms with van der Waals surface area (Å²) in [6.45, 7) is 0.660. The summed E-state index contributed by atoms with van der Waals surface area (Å²) in [7, 11) is 1.65. The number of imidazole rings is 1. The van der Waals surface area contributed by atoms with Gasteiger partial charge in [0.1, 0.15) is 17.3 Å². The van der Waals surface area contributed by atoms with Crippen molar-refractivity contribution in [2.24, 2.45) is 4.99 Å². The molecule has 3 rings (SSSR count). The lowest BCUT2D eigenvalue weighted by Gasteiger charge is -2.16. The minimum Gasteiger partial charge on any atom is -0.497 e. The number of benzene rings is 1. The summed E-state index contributed by atoms with van der Waals surface area (Å²) in [5.74, 6) is 1.61. The molecule has 20 heavy (non-hydrogen) atoms. The molecule has 2 aromatic rings. The van der Waals surface area contributed by atoms with E-state index in [4.69, 9.17) is 27.9 Å². The first-order valence-electron chi connectivity index (χ1n) is 5.99. The van der Waals surface area contributed by atoms with Crippen LogP contribution in [-0.2, 0) is 6.54 Å². The number of aromatic nitrogens is 2. The minimum absolute atomic E-state index is 0.272. The molecule has 0 spiro atoms. The molecule has 2 heterocycles. The Kier molecular flexibility index (Phi) is 3.54. The smallest absolute Gasteiger partial charge is 0.198 e. The summed E-state index contributed by atoms with van der Waals surface area (Å²) in [6.07, 6.45) is 1.72. The quantitative estimate of drug-likeness (QED) is 0.699. The zero-order valence-electron chi connectivity index (χ0n) is 10.7. The van der Waals surface area contributed by atoms with Crippen LogP contribution in [0.4, 0.5) is 5.82 Å². The Hall–Kier alpha value is -1.72. The van der Waals surface area contributed by atoms with Crippen molar-refractivity contribution < 1.29 is 4.74 Å². The zero-order valence-corrected chi connectivity index (χ0v) is 12.2. The third-order valence-electron chi connectivity index (χ3n) is 3.05. The first kappa shape index (κ1) is 13.3. The highest BCUT2D eigenvalue weighted by atomic mass is 35.5. The van der Waals surface area contributed by atoms with Gasteiger partial charge in [-0.3, -0.25) is 0 Å². The van der Waals surface area contributed by atoms with Crippen molar-refractivity contribution in [2.75, 3.05) is 12.4 Å². The monoisotopic (exact) mass is 310 g/mol. The predicted octanol–water partition coefficient (Wildman–Crippen LogP) is 3.20. The van der Waals surface area contributed by atoms with Gasteiger partial charge in [0.05, 0.1) is 20.0 Å². The maximum absolute atomic E-state index is 6.09. The first-order valence-corrected chi connectivity index (χ1v) is 6.81. The number of anilines is 1. The van der Waals surface area contributed by atoms with E-state index in [1.54, 1.807) is 13.4 Å². The van der Waals surface area contributed by atoms with E-state index in [-0.39, 0.29) is 5.29 Å². The van der Waals surface area contributed by atoms with Crippen molar-refractivity contribution in [1.29, 1.82) is 0 Å². The number of hydrogen-bond donors (Lipinski definition) is 1. The predicted molar refractivity (Wildman–Crippen MR) is 79.8 cm³/mol. The Morgan fingerprint density at radius 3 is 2.80 bits per heavy atom. The molecule has 0 aliphatic carbocycles. The molecule has 1 atom stereocenters. The van der Waals surface area contributed by atoms with Crippen molar-refractivity contribution in [3.8, 4) is 5.75 Å². The Bertz CT molecular complexity index is 651. The summed E-state index contributed by atoms with van der Waals surface area (Å²) in [4.78, 5) is 8.29. The Morgan fingerprint density at radius 1 is 1.35 bits per heavy atom. The number of alkyl halides is 1. The fourth-order valence-corrected chi connectivity index (χ4v) is 2.54. The highest BCUT2D eigenvalue weighted by Gasteiger charge is 2.23. The Labute approximate surface area is 126 Å². The van der Waals surface area contributed by atoms with Crippen molar-refractivity contribution in [1.82, 2.24) is 9.55 Å². The van der Waals surface area contributed by atoms with E-state index in [9.17, 15) is 0 Å². The van der Waals surface area contributed by atoms with Crippen molar-refractivity contribution in [3.63, 3.8) is 0 Å². The zero-order chi connectivity index (χ0) is 14.1. The van der Waals surface area contributed by atoms with Crippen LogP contribution in [0.15, 0.2) is 35.6 Å². The molecule has 1 N–H and O–H groups in total. The third-order valence-corrected chi connectivity index (χ3v) is 3.55. The number of ether oxygens (including phenoxy) is 1. The maximum atomic E-state index is 6.09. The van der Waals surface area contributed by atoms with Crippen LogP contribution in [0, 0.1) is 0 Å². The van der Waals surface area contributed by atoms with E-state index in [0.717, 1.165) is 17.1 Å². The molecule has 104 valence electrons. The SMILES string of the molecule is COc1ccc(Cn2cnc3c2NC(Cl)=NC3Cl)cc1. The topological polar surface area (TPSA) is 51.4 Å². The second-order valence-electron chi connectivity index (χ2n) is 4.34. The average molecular weight is 311 g/mol. The van der Waals surface area contributed by atoms with E-state index >= 15 is 0 Å². The number of aliphatic imine (C=N–C) groups is 1. The molecule has 0 saturated heterocycles. The largest absolute Gasteiger partial charge is 0.497 e. The molecule has 0 saturated carbocycles. The van der Waals surface area contributed by atoms with Crippen molar-refractivity contribution in [3.05, 3.63) is 41.9 Å². The number of nitrogens with zero attached hydrogens (tertiary/aromatic N) is 3. The van der Waals surface area contributed by atoms with Gasteiger partial charge in [-0.05, 0) is 29.3 Å². The summed E-state index contributed by atoms with van der Waals surface area (Å²) >= 11 is 12.0. The summed E-state index contributed by atoms with van der Waals surface area (Å²) in [5, 5.41) is 3.26. The molecule has 1 aliphatic rings. The molecule has 7 heteroatoms. The number of hydrogen-bond acceptors (Lipinski definition) is 4. The number of methoxy groups -OCH3 is 1. The van der Waals surface area contributed by atoms with E-state index in [0.29, 0.717) is 12.2 Å². The van der Waals surface area contributed by atoms with Gasteiger partial charge in [-0.25, -0.2) is 9.98 Å². The van der Waals surface area contributed by atoms with Crippen molar-refractivity contribution in [2.45, 2.75) is 12.0 Å². The van der Waals surface area contributed by atoms with Crippen LogP contribution < -0.4 is 10.1 Å². The average Bonchev–Trinajstić information content (AvgIpc) is 2.83. The molecule has 0 bridgehead atoms. The van der Waals surface area contributed by atoms with E-state index in [1.807, 2.05) is 28.8 Å². The molecule has 1 unspecified atom stereocenters. The van der Waals surface area contributed by atoms with Crippen LogP contribution in [0.5, 0.6) is 5.75 Å². The number of halogens is 2. The Morgan fingerprint density at radius 2 is 2.10 bits per heavy atom. The molecule has 1 aromatic heterocycles. The van der Waals surface area contributed by atoms with Crippen LogP contribution in [-0.4, -0.2) is 22.0 Å². The standard InChI is InChI=1S/C13H12Cl2N4O/c1-20-9-4-2-8(3-5-9)6-19-7-16-10-11(14)17-13(15)18-12(10)19/h2-5,7,11H,6H2,1H3,(H,17,18). The van der Waals surface area contributed by atoms with E-state index in [1.165, 1.54) is 0 Å². The highest BCUT2D eigenvalue weighted by molar-refractivity contribution is 6.67. The molecule has 5 nitrogen and oxygen atoms in total. The number of fused-ring (bicyclic) bond motifs is 1. The summed E-state index contributed by atoms with van der Waals surface area (Å²) < 4.78 is 7.09. The maximum Gasteiger partial charge on any atom is 0.198 e. The molecule has 1 aliphatic heterocycles. The van der Waals surface area contributed by atoms with Gasteiger partial charge in [0.2, 0.25) is 0 Å². The third kappa shape index (κ3) is 2.46. The van der Waals surface area contributed by atoms with Gasteiger partial charge in [0.15, 0.2) is 10.8 Å². The molecular weight excluding hydrogens is 299 g/mol. The lowest BCUT2D eigenvalue weighted by atomic mass is 10.2. The number of rotatable bonds is 3. The van der Waals surface area contributed by atoms with Crippen LogP contribution in [0.25, 0.3) is 0 Å².